The zero-order valence-electron chi connectivity index (χ0n) is 11.7. The van der Waals surface area contributed by atoms with Crippen LogP contribution in [-0.2, 0) is 25.2 Å². The fourth-order valence-corrected chi connectivity index (χ4v) is 3.69. The van der Waals surface area contributed by atoms with E-state index < -0.39 is 33.0 Å². The van der Waals surface area contributed by atoms with Gasteiger partial charge in [-0.3, -0.25) is 14.5 Å². The van der Waals surface area contributed by atoms with Crippen molar-refractivity contribution in [3.05, 3.63) is 41.7 Å². The van der Waals surface area contributed by atoms with Crippen molar-refractivity contribution in [3.63, 3.8) is 0 Å². The predicted molar refractivity (Wildman–Crippen MR) is 82.7 cm³/mol. The molecule has 1 aliphatic rings. The molecule has 0 saturated carbocycles. The molecule has 1 atom stereocenters. The number of hydrogen-bond donors (Lipinski definition) is 2. The van der Waals surface area contributed by atoms with Gasteiger partial charge < -0.3 is 9.84 Å². The van der Waals surface area contributed by atoms with Gasteiger partial charge in [0.15, 0.2) is 5.60 Å². The molecule has 2 heterocycles. The number of ether oxygens (including phenoxy) is 1. The van der Waals surface area contributed by atoms with Crippen LogP contribution in [0.5, 0.6) is 0 Å². The zero-order valence-corrected chi connectivity index (χ0v) is 14.1. The minimum atomic E-state index is -3.70. The third-order valence-corrected chi connectivity index (χ3v) is 5.08. The van der Waals surface area contributed by atoms with Crippen LogP contribution < -0.4 is 4.72 Å². The van der Waals surface area contributed by atoms with Crippen molar-refractivity contribution in [1.29, 1.82) is 0 Å². The van der Waals surface area contributed by atoms with Gasteiger partial charge in [0.1, 0.15) is 0 Å². The predicted octanol–water partition coefficient (Wildman–Crippen LogP) is 1.33. The molecule has 0 fully saturated rings. The Kier molecular flexibility index (Phi) is 4.76. The normalized spacial score (nSPS) is 21.8. The Morgan fingerprint density at radius 2 is 2.05 bits per heavy atom. The van der Waals surface area contributed by atoms with Crippen LogP contribution in [0, 0.1) is 0 Å². The molecular formula is C13H15BrN2O5S. The van der Waals surface area contributed by atoms with Crippen molar-refractivity contribution in [2.75, 3.05) is 11.1 Å². The minimum Gasteiger partial charge on any atom is -0.501 e. The average molecular weight is 391 g/mol. The second-order valence-electron chi connectivity index (χ2n) is 4.84. The first kappa shape index (κ1) is 16.8. The summed E-state index contributed by atoms with van der Waals surface area (Å²) < 4.78 is 31.3. The van der Waals surface area contributed by atoms with Crippen molar-refractivity contribution in [3.8, 4) is 0 Å². The van der Waals surface area contributed by atoms with Crippen LogP contribution in [0.15, 0.2) is 36.2 Å². The summed E-state index contributed by atoms with van der Waals surface area (Å²) in [6, 6.07) is 3.13. The fourth-order valence-electron chi connectivity index (χ4n) is 1.99. The number of hydrogen-bond acceptors (Lipinski definition) is 6. The first-order valence-electron chi connectivity index (χ1n) is 6.44. The van der Waals surface area contributed by atoms with E-state index in [1.807, 2.05) is 0 Å². The van der Waals surface area contributed by atoms with E-state index >= 15 is 0 Å². The molecule has 9 heteroatoms. The number of sulfonamides is 1. The van der Waals surface area contributed by atoms with E-state index in [-0.39, 0.29) is 5.75 Å². The molecule has 1 unspecified atom stereocenters. The van der Waals surface area contributed by atoms with E-state index in [4.69, 9.17) is 4.74 Å². The Hall–Kier alpha value is -1.61. The van der Waals surface area contributed by atoms with Crippen molar-refractivity contribution in [1.82, 2.24) is 9.71 Å². The number of Topliss-reactive ketones (excluding diaryl/α,β-unsaturated/α-hetero) is 1. The smallest absolute Gasteiger partial charge is 0.250 e. The summed E-state index contributed by atoms with van der Waals surface area (Å²) >= 11 is 3.14. The van der Waals surface area contributed by atoms with Gasteiger partial charge in [0.05, 0.1) is 5.75 Å². The van der Waals surface area contributed by atoms with Crippen molar-refractivity contribution in [2.45, 2.75) is 18.9 Å². The molecule has 1 aromatic rings. The van der Waals surface area contributed by atoms with Crippen LogP contribution in [0.3, 0.4) is 0 Å². The largest absolute Gasteiger partial charge is 0.501 e. The van der Waals surface area contributed by atoms with Crippen molar-refractivity contribution in [2.24, 2.45) is 0 Å². The Morgan fingerprint density at radius 3 is 2.64 bits per heavy atom. The first-order chi connectivity index (χ1) is 10.3. The number of ketones is 1. The molecule has 2 N–H and O–H groups in total. The summed E-state index contributed by atoms with van der Waals surface area (Å²) in [5.74, 6) is -2.05. The number of nitrogens with zero attached hydrogens (tertiary/aromatic N) is 1. The maximum absolute atomic E-state index is 12.2. The fraction of sp³-hybridized carbons (Fsp3) is 0.385. The van der Waals surface area contributed by atoms with Gasteiger partial charge >= 0.3 is 0 Å². The molecule has 0 amide bonds. The van der Waals surface area contributed by atoms with E-state index in [0.29, 0.717) is 17.3 Å². The first-order valence-corrected chi connectivity index (χ1v) is 9.21. The van der Waals surface area contributed by atoms with Gasteiger partial charge in [0.2, 0.25) is 21.7 Å². The van der Waals surface area contributed by atoms with Gasteiger partial charge in [-0.05, 0) is 25.5 Å². The molecule has 7 nitrogen and oxygen atoms in total. The molecular weight excluding hydrogens is 376 g/mol. The third kappa shape index (κ3) is 3.25. The van der Waals surface area contributed by atoms with E-state index in [0.717, 1.165) is 0 Å². The molecule has 120 valence electrons. The van der Waals surface area contributed by atoms with Crippen LogP contribution in [0.2, 0.25) is 0 Å². The molecule has 22 heavy (non-hydrogen) atoms. The molecule has 0 aromatic carbocycles. The Labute approximate surface area is 136 Å². The molecule has 0 aliphatic carbocycles. The third-order valence-electron chi connectivity index (χ3n) is 3.20. The van der Waals surface area contributed by atoms with Gasteiger partial charge in [-0.25, -0.2) is 8.42 Å². The van der Waals surface area contributed by atoms with Crippen LogP contribution in [0.1, 0.15) is 18.9 Å². The Bertz CT molecular complexity index is 704. The highest BCUT2D eigenvalue weighted by Crippen LogP contribution is 2.36. The van der Waals surface area contributed by atoms with Crippen LogP contribution in [-0.4, -0.2) is 35.4 Å². The van der Waals surface area contributed by atoms with Crippen LogP contribution >= 0.6 is 15.9 Å². The number of aliphatic hydroxyl groups excluding tert-OH is 1. The van der Waals surface area contributed by atoms with E-state index in [1.165, 1.54) is 19.3 Å². The number of rotatable bonds is 6. The van der Waals surface area contributed by atoms with Crippen LogP contribution in [0.25, 0.3) is 0 Å². The second-order valence-corrected chi connectivity index (χ2v) is 7.48. The number of alkyl halides is 1. The monoisotopic (exact) mass is 390 g/mol. The lowest BCUT2D eigenvalue weighted by Crippen LogP contribution is -2.32. The lowest BCUT2D eigenvalue weighted by Gasteiger charge is -2.23. The number of carbonyl (C=O) groups is 1. The number of pyridine rings is 1. The number of aromatic nitrogens is 1. The summed E-state index contributed by atoms with van der Waals surface area (Å²) in [7, 11) is -3.70. The lowest BCUT2D eigenvalue weighted by molar-refractivity contribution is -0.131. The lowest BCUT2D eigenvalue weighted by atomic mass is 9.92. The van der Waals surface area contributed by atoms with E-state index in [2.05, 4.69) is 25.6 Å². The highest BCUT2D eigenvalue weighted by molar-refractivity contribution is 9.09. The maximum Gasteiger partial charge on any atom is 0.250 e. The summed E-state index contributed by atoms with van der Waals surface area (Å²) in [6.45, 7) is 1.46. The van der Waals surface area contributed by atoms with Crippen molar-refractivity contribution >= 4 is 31.7 Å². The molecule has 1 aromatic heterocycles. The second kappa shape index (κ2) is 6.25. The summed E-state index contributed by atoms with van der Waals surface area (Å²) in [5, 5.41) is 10.4. The van der Waals surface area contributed by atoms with Gasteiger partial charge in [0, 0.05) is 23.3 Å². The number of halogens is 1. The van der Waals surface area contributed by atoms with Gasteiger partial charge in [-0.2, -0.15) is 0 Å². The number of aliphatic hydroxyl groups is 1. The summed E-state index contributed by atoms with van der Waals surface area (Å²) in [6.07, 6.45) is 3.35. The number of nitrogens with one attached hydrogen (secondary N) is 1. The van der Waals surface area contributed by atoms with Crippen molar-refractivity contribution < 1.29 is 23.1 Å². The Balaban J connectivity index is 2.24. The standard InChI is InChI=1S/C13H15BrN2O5S/c1-13(9-3-6-15-7-4-9)11(18)10(17)12(21-13)16-22(19,20)8-2-5-14/h3-4,6-7,16-17H,2,5,8H2,1H3. The topological polar surface area (TPSA) is 106 Å². The van der Waals surface area contributed by atoms with Gasteiger partial charge in [0.25, 0.3) is 5.78 Å². The average Bonchev–Trinajstić information content (AvgIpc) is 2.71. The van der Waals surface area contributed by atoms with E-state index in [9.17, 15) is 18.3 Å². The zero-order chi connectivity index (χ0) is 16.4. The maximum atomic E-state index is 12.2. The quantitative estimate of drug-likeness (QED) is 0.709. The van der Waals surface area contributed by atoms with Crippen LogP contribution in [0.4, 0.5) is 0 Å². The molecule has 0 radical (unpaired) electrons. The highest BCUT2D eigenvalue weighted by Gasteiger charge is 2.48. The Morgan fingerprint density at radius 1 is 1.41 bits per heavy atom. The minimum absolute atomic E-state index is 0.154. The van der Waals surface area contributed by atoms with E-state index in [1.54, 1.807) is 12.1 Å². The molecule has 0 bridgehead atoms. The molecule has 0 spiro atoms. The summed E-state index contributed by atoms with van der Waals surface area (Å²) in [5.41, 5.74) is -1.02. The molecule has 2 rings (SSSR count). The highest BCUT2D eigenvalue weighted by atomic mass is 79.9. The molecule has 0 saturated heterocycles. The summed E-state index contributed by atoms with van der Waals surface area (Å²) in [4.78, 5) is 16.1. The molecule has 1 aliphatic heterocycles. The van der Waals surface area contributed by atoms with Gasteiger partial charge in [-0.15, -0.1) is 0 Å². The SMILES string of the molecule is CC1(c2ccncc2)OC(NS(=O)(=O)CCCBr)=C(O)C1=O. The number of carbonyl (C=O) groups excluding carboxylic acids is 1. The van der Waals surface area contributed by atoms with Gasteiger partial charge in [-0.1, -0.05) is 15.9 Å².